The fourth-order valence-corrected chi connectivity index (χ4v) is 1.88. The van der Waals surface area contributed by atoms with Gasteiger partial charge in [-0.15, -0.1) is 0 Å². The zero-order chi connectivity index (χ0) is 12.1. The largest absolute Gasteiger partial charge is 0.372 e. The summed E-state index contributed by atoms with van der Waals surface area (Å²) >= 11 is 0. The summed E-state index contributed by atoms with van der Waals surface area (Å²) in [5.41, 5.74) is 2.14. The molecule has 1 unspecified atom stereocenters. The predicted molar refractivity (Wildman–Crippen MR) is 67.4 cm³/mol. The number of halogens is 1. The maximum absolute atomic E-state index is 13.3. The monoisotopic (exact) mass is 224 g/mol. The third kappa shape index (κ3) is 2.73. The Morgan fingerprint density at radius 2 is 1.94 bits per heavy atom. The van der Waals surface area contributed by atoms with Crippen LogP contribution in [-0.2, 0) is 0 Å². The normalized spacial score (nSPS) is 12.6. The van der Waals surface area contributed by atoms with E-state index in [-0.39, 0.29) is 11.9 Å². The van der Waals surface area contributed by atoms with Crippen LogP contribution in [-0.4, -0.2) is 20.1 Å². The molecule has 2 nitrogen and oxygen atoms in total. The van der Waals surface area contributed by atoms with Gasteiger partial charge in [-0.2, -0.15) is 0 Å². The van der Waals surface area contributed by atoms with Crippen molar-refractivity contribution in [3.8, 4) is 0 Å². The molecule has 0 saturated heterocycles. The second kappa shape index (κ2) is 5.85. The quantitative estimate of drug-likeness (QED) is 0.827. The molecule has 1 atom stereocenters. The molecule has 0 fully saturated rings. The summed E-state index contributed by atoms with van der Waals surface area (Å²) in [4.78, 5) is 2.24. The molecule has 1 aromatic rings. The average molecular weight is 224 g/mol. The lowest BCUT2D eigenvalue weighted by molar-refractivity contribution is 0.606. The molecule has 0 radical (unpaired) electrons. The van der Waals surface area contributed by atoms with Crippen LogP contribution in [0.4, 0.5) is 10.1 Å². The van der Waals surface area contributed by atoms with E-state index in [2.05, 4.69) is 24.1 Å². The number of nitrogens with zero attached hydrogens (tertiary/aromatic N) is 1. The summed E-state index contributed by atoms with van der Waals surface area (Å²) in [6.45, 7) is 8.14. The third-order valence-electron chi connectivity index (χ3n) is 2.99. The highest BCUT2D eigenvalue weighted by atomic mass is 19.1. The van der Waals surface area contributed by atoms with Crippen molar-refractivity contribution < 1.29 is 4.39 Å². The van der Waals surface area contributed by atoms with Crippen LogP contribution in [0.25, 0.3) is 0 Å². The highest BCUT2D eigenvalue weighted by Crippen LogP contribution is 2.26. The first-order valence-electron chi connectivity index (χ1n) is 5.85. The van der Waals surface area contributed by atoms with E-state index in [0.717, 1.165) is 24.3 Å². The summed E-state index contributed by atoms with van der Waals surface area (Å²) in [5, 5.41) is 3.16. The minimum atomic E-state index is -0.173. The molecular weight excluding hydrogens is 203 g/mol. The van der Waals surface area contributed by atoms with Crippen molar-refractivity contribution in [1.82, 2.24) is 5.32 Å². The topological polar surface area (TPSA) is 15.3 Å². The first kappa shape index (κ1) is 13.0. The Labute approximate surface area is 97.5 Å². The van der Waals surface area contributed by atoms with Gasteiger partial charge in [0.25, 0.3) is 0 Å². The zero-order valence-electron chi connectivity index (χ0n) is 10.5. The van der Waals surface area contributed by atoms with Crippen molar-refractivity contribution in [2.24, 2.45) is 0 Å². The van der Waals surface area contributed by atoms with Crippen molar-refractivity contribution in [1.29, 1.82) is 0 Å². The molecule has 3 heteroatoms. The lowest BCUT2D eigenvalue weighted by Crippen LogP contribution is -2.25. The van der Waals surface area contributed by atoms with E-state index >= 15 is 0 Å². The van der Waals surface area contributed by atoms with Crippen LogP contribution >= 0.6 is 0 Å². The highest BCUT2D eigenvalue weighted by Gasteiger charge is 2.13. The molecule has 16 heavy (non-hydrogen) atoms. The molecule has 1 N–H and O–H groups in total. The van der Waals surface area contributed by atoms with E-state index < -0.39 is 0 Å². The van der Waals surface area contributed by atoms with Gasteiger partial charge in [0, 0.05) is 24.8 Å². The summed E-state index contributed by atoms with van der Waals surface area (Å²) in [5.74, 6) is -0.173. The minimum Gasteiger partial charge on any atom is -0.372 e. The molecule has 0 saturated carbocycles. The van der Waals surface area contributed by atoms with Gasteiger partial charge in [-0.05, 0) is 51.6 Å². The molecule has 0 aliphatic rings. The van der Waals surface area contributed by atoms with Crippen molar-refractivity contribution in [3.05, 3.63) is 29.6 Å². The van der Waals surface area contributed by atoms with Crippen molar-refractivity contribution in [2.45, 2.75) is 26.8 Å². The van der Waals surface area contributed by atoms with E-state index in [1.54, 1.807) is 6.07 Å². The number of hydrogen-bond donors (Lipinski definition) is 1. The van der Waals surface area contributed by atoms with Crippen molar-refractivity contribution in [3.63, 3.8) is 0 Å². The molecule has 0 heterocycles. The van der Waals surface area contributed by atoms with Crippen LogP contribution in [0.5, 0.6) is 0 Å². The zero-order valence-corrected chi connectivity index (χ0v) is 10.5. The molecule has 0 bridgehead atoms. The van der Waals surface area contributed by atoms with Gasteiger partial charge in [-0.3, -0.25) is 0 Å². The standard InChI is InChI=1S/C13H21FN2/c1-5-16(6-2)13-8-7-11(14)9-12(13)10(3)15-4/h7-10,15H,5-6H2,1-4H3. The smallest absolute Gasteiger partial charge is 0.123 e. The second-order valence-corrected chi connectivity index (χ2v) is 3.89. The minimum absolute atomic E-state index is 0.159. The Morgan fingerprint density at radius 1 is 1.31 bits per heavy atom. The molecule has 0 aliphatic heterocycles. The lowest BCUT2D eigenvalue weighted by atomic mass is 10.0. The van der Waals surface area contributed by atoms with Crippen LogP contribution in [0, 0.1) is 5.82 Å². The third-order valence-corrected chi connectivity index (χ3v) is 2.99. The molecule has 1 aromatic carbocycles. The molecule has 0 spiro atoms. The molecular formula is C13H21FN2. The first-order chi connectivity index (χ1) is 7.63. The number of benzene rings is 1. The Bertz CT molecular complexity index is 335. The Balaban J connectivity index is 3.16. The van der Waals surface area contributed by atoms with Gasteiger partial charge in [-0.1, -0.05) is 0 Å². The highest BCUT2D eigenvalue weighted by molar-refractivity contribution is 5.55. The maximum Gasteiger partial charge on any atom is 0.123 e. The van der Waals surface area contributed by atoms with E-state index in [1.165, 1.54) is 6.07 Å². The summed E-state index contributed by atoms with van der Waals surface area (Å²) in [6.07, 6.45) is 0. The van der Waals surface area contributed by atoms with Crippen LogP contribution in [0.3, 0.4) is 0 Å². The van der Waals surface area contributed by atoms with Crippen molar-refractivity contribution in [2.75, 3.05) is 25.0 Å². The Hall–Kier alpha value is -1.09. The number of hydrogen-bond acceptors (Lipinski definition) is 2. The summed E-state index contributed by atoms with van der Waals surface area (Å²) < 4.78 is 13.3. The van der Waals surface area contributed by atoms with Crippen LogP contribution < -0.4 is 10.2 Å². The fraction of sp³-hybridized carbons (Fsp3) is 0.538. The SMILES string of the molecule is CCN(CC)c1ccc(F)cc1C(C)NC. The lowest BCUT2D eigenvalue weighted by Gasteiger charge is -2.26. The average Bonchev–Trinajstić information content (AvgIpc) is 2.31. The van der Waals surface area contributed by atoms with E-state index in [4.69, 9.17) is 0 Å². The van der Waals surface area contributed by atoms with E-state index in [0.29, 0.717) is 0 Å². The fourth-order valence-electron chi connectivity index (χ4n) is 1.88. The van der Waals surface area contributed by atoms with Gasteiger partial charge in [-0.25, -0.2) is 4.39 Å². The van der Waals surface area contributed by atoms with Gasteiger partial charge >= 0.3 is 0 Å². The van der Waals surface area contributed by atoms with Crippen LogP contribution in [0.1, 0.15) is 32.4 Å². The van der Waals surface area contributed by atoms with Gasteiger partial charge in [0.15, 0.2) is 0 Å². The molecule has 1 rings (SSSR count). The second-order valence-electron chi connectivity index (χ2n) is 3.89. The van der Waals surface area contributed by atoms with Crippen LogP contribution in [0.15, 0.2) is 18.2 Å². The summed E-state index contributed by atoms with van der Waals surface area (Å²) in [7, 11) is 1.89. The molecule has 0 aliphatic carbocycles. The number of anilines is 1. The van der Waals surface area contributed by atoms with Crippen LogP contribution in [0.2, 0.25) is 0 Å². The van der Waals surface area contributed by atoms with E-state index in [9.17, 15) is 4.39 Å². The van der Waals surface area contributed by atoms with E-state index in [1.807, 2.05) is 20.0 Å². The summed E-state index contributed by atoms with van der Waals surface area (Å²) in [6, 6.07) is 5.17. The Morgan fingerprint density at radius 3 is 2.44 bits per heavy atom. The number of rotatable bonds is 5. The molecule has 90 valence electrons. The maximum atomic E-state index is 13.3. The Kier molecular flexibility index (Phi) is 4.74. The predicted octanol–water partition coefficient (Wildman–Crippen LogP) is 2.95. The van der Waals surface area contributed by atoms with Gasteiger partial charge in [0.05, 0.1) is 0 Å². The van der Waals surface area contributed by atoms with Crippen molar-refractivity contribution >= 4 is 5.69 Å². The number of nitrogens with one attached hydrogen (secondary N) is 1. The van der Waals surface area contributed by atoms with Gasteiger partial charge < -0.3 is 10.2 Å². The first-order valence-corrected chi connectivity index (χ1v) is 5.85. The van der Waals surface area contributed by atoms with Gasteiger partial charge in [0.1, 0.15) is 5.82 Å². The molecule has 0 aromatic heterocycles. The molecule has 0 amide bonds. The van der Waals surface area contributed by atoms with Gasteiger partial charge in [0.2, 0.25) is 0 Å².